The summed E-state index contributed by atoms with van der Waals surface area (Å²) in [6.45, 7) is 2.98. The fourth-order valence-electron chi connectivity index (χ4n) is 1.60. The molecule has 2 aromatic heterocycles. The van der Waals surface area contributed by atoms with Crippen molar-refractivity contribution >= 4 is 48.8 Å². The molecule has 0 unspecified atom stereocenters. The van der Waals surface area contributed by atoms with E-state index in [1.807, 2.05) is 0 Å². The molecule has 21 heavy (non-hydrogen) atoms. The van der Waals surface area contributed by atoms with Crippen molar-refractivity contribution < 1.29 is 8.42 Å². The van der Waals surface area contributed by atoms with E-state index in [0.29, 0.717) is 5.69 Å². The molecular formula is C13H16BrN3O2S2. The van der Waals surface area contributed by atoms with Crippen LogP contribution in [0.15, 0.2) is 38.5 Å². The Hall–Kier alpha value is -1.12. The topological polar surface area (TPSA) is 71.1 Å². The Labute approximate surface area is 137 Å². The van der Waals surface area contributed by atoms with Gasteiger partial charge >= 0.3 is 0 Å². The highest BCUT2D eigenvalue weighted by molar-refractivity contribution is 9.11. The standard InChI is InChI=1S/C13H16BrN3O2S2/c1-2-3-8-15-12-6-4-10(9-16-12)17-21(18,19)13-7-5-11(14)20-13/h4-7,9,17H,2-3,8H2,1H3,(H,15,16). The molecule has 5 nitrogen and oxygen atoms in total. The molecule has 0 radical (unpaired) electrons. The first-order chi connectivity index (χ1) is 10.0. The first-order valence-electron chi connectivity index (χ1n) is 6.49. The number of pyridine rings is 1. The van der Waals surface area contributed by atoms with Crippen molar-refractivity contribution in [2.75, 3.05) is 16.6 Å². The van der Waals surface area contributed by atoms with E-state index in [-0.39, 0.29) is 4.21 Å². The molecule has 0 amide bonds. The second-order valence-electron chi connectivity index (χ2n) is 4.38. The summed E-state index contributed by atoms with van der Waals surface area (Å²) in [5, 5.41) is 3.18. The van der Waals surface area contributed by atoms with Gasteiger partial charge in [0.2, 0.25) is 0 Å². The lowest BCUT2D eigenvalue weighted by Gasteiger charge is -2.08. The van der Waals surface area contributed by atoms with E-state index in [2.05, 4.69) is 37.9 Å². The lowest BCUT2D eigenvalue weighted by Crippen LogP contribution is -2.12. The first-order valence-corrected chi connectivity index (χ1v) is 9.58. The Kier molecular flexibility index (Phi) is 5.60. The Morgan fingerprint density at radius 2 is 2.10 bits per heavy atom. The van der Waals surface area contributed by atoms with Gasteiger partial charge in [-0.15, -0.1) is 11.3 Å². The van der Waals surface area contributed by atoms with Gasteiger partial charge in [0.05, 0.1) is 15.7 Å². The summed E-state index contributed by atoms with van der Waals surface area (Å²) in [6, 6.07) is 6.72. The minimum absolute atomic E-state index is 0.263. The maximum Gasteiger partial charge on any atom is 0.271 e. The number of rotatable bonds is 7. The molecule has 2 aromatic rings. The normalized spacial score (nSPS) is 11.3. The molecule has 0 saturated carbocycles. The van der Waals surface area contributed by atoms with Crippen LogP contribution in [-0.2, 0) is 10.0 Å². The van der Waals surface area contributed by atoms with Crippen LogP contribution in [0.3, 0.4) is 0 Å². The van der Waals surface area contributed by atoms with Crippen molar-refractivity contribution in [2.24, 2.45) is 0 Å². The number of nitrogens with zero attached hydrogens (tertiary/aromatic N) is 1. The van der Waals surface area contributed by atoms with E-state index < -0.39 is 10.0 Å². The first kappa shape index (κ1) is 16.3. The second kappa shape index (κ2) is 7.24. The summed E-state index contributed by atoms with van der Waals surface area (Å²) < 4.78 is 27.8. The van der Waals surface area contributed by atoms with E-state index >= 15 is 0 Å². The van der Waals surface area contributed by atoms with Crippen molar-refractivity contribution in [3.8, 4) is 0 Å². The maximum absolute atomic E-state index is 12.1. The third-order valence-electron chi connectivity index (χ3n) is 2.67. The molecule has 8 heteroatoms. The smallest absolute Gasteiger partial charge is 0.271 e. The molecule has 0 aliphatic rings. The van der Waals surface area contributed by atoms with Crippen molar-refractivity contribution in [1.29, 1.82) is 0 Å². The molecule has 0 fully saturated rings. The van der Waals surface area contributed by atoms with Gasteiger partial charge in [-0.25, -0.2) is 13.4 Å². The Morgan fingerprint density at radius 3 is 2.67 bits per heavy atom. The third-order valence-corrected chi connectivity index (χ3v) is 6.16. The number of anilines is 2. The quantitative estimate of drug-likeness (QED) is 0.703. The summed E-state index contributed by atoms with van der Waals surface area (Å²) in [4.78, 5) is 4.19. The van der Waals surface area contributed by atoms with Crippen molar-refractivity contribution in [1.82, 2.24) is 4.98 Å². The van der Waals surface area contributed by atoms with Crippen LogP contribution < -0.4 is 10.0 Å². The summed E-state index contributed by atoms with van der Waals surface area (Å²) in [6.07, 6.45) is 3.69. The van der Waals surface area contributed by atoms with Crippen LogP contribution in [0.2, 0.25) is 0 Å². The summed E-state index contributed by atoms with van der Waals surface area (Å²) in [5.41, 5.74) is 0.445. The number of sulfonamides is 1. The predicted octanol–water partition coefficient (Wildman–Crippen LogP) is 3.92. The Balaban J connectivity index is 2.03. The van der Waals surface area contributed by atoms with E-state index in [4.69, 9.17) is 0 Å². The molecule has 114 valence electrons. The zero-order valence-corrected chi connectivity index (χ0v) is 14.7. The second-order valence-corrected chi connectivity index (χ2v) is 8.75. The minimum atomic E-state index is -3.55. The molecule has 0 atom stereocenters. The predicted molar refractivity (Wildman–Crippen MR) is 90.5 cm³/mol. The molecule has 0 spiro atoms. The summed E-state index contributed by atoms with van der Waals surface area (Å²) in [7, 11) is -3.55. The van der Waals surface area contributed by atoms with Gasteiger partial charge in [-0.3, -0.25) is 4.72 Å². The highest BCUT2D eigenvalue weighted by atomic mass is 79.9. The van der Waals surface area contributed by atoms with Crippen LogP contribution in [0.1, 0.15) is 19.8 Å². The minimum Gasteiger partial charge on any atom is -0.370 e. The maximum atomic E-state index is 12.1. The monoisotopic (exact) mass is 389 g/mol. The number of halogens is 1. The van der Waals surface area contributed by atoms with Crippen LogP contribution in [0.25, 0.3) is 0 Å². The van der Waals surface area contributed by atoms with Gasteiger partial charge < -0.3 is 5.32 Å². The SMILES string of the molecule is CCCCNc1ccc(NS(=O)(=O)c2ccc(Br)s2)cn1. The van der Waals surface area contributed by atoms with Gasteiger partial charge in [0.1, 0.15) is 10.0 Å². The largest absolute Gasteiger partial charge is 0.370 e. The van der Waals surface area contributed by atoms with Crippen LogP contribution in [0, 0.1) is 0 Å². The average molecular weight is 390 g/mol. The Bertz CT molecular complexity index is 684. The number of thiophene rings is 1. The van der Waals surface area contributed by atoms with Crippen LogP contribution >= 0.6 is 27.3 Å². The fourth-order valence-corrected chi connectivity index (χ4v) is 4.65. The van der Waals surface area contributed by atoms with Crippen LogP contribution in [0.4, 0.5) is 11.5 Å². The molecule has 0 saturated heterocycles. The zero-order chi connectivity index (χ0) is 15.3. The van der Waals surface area contributed by atoms with Crippen LogP contribution in [-0.4, -0.2) is 19.9 Å². The number of unbranched alkanes of at least 4 members (excludes halogenated alkanes) is 1. The highest BCUT2D eigenvalue weighted by Gasteiger charge is 2.16. The zero-order valence-electron chi connectivity index (χ0n) is 11.5. The molecule has 2 rings (SSSR count). The number of hydrogen-bond acceptors (Lipinski definition) is 5. The number of nitrogens with one attached hydrogen (secondary N) is 2. The molecule has 0 aliphatic carbocycles. The molecule has 2 heterocycles. The van der Waals surface area contributed by atoms with E-state index in [0.717, 1.165) is 40.3 Å². The van der Waals surface area contributed by atoms with E-state index in [9.17, 15) is 8.42 Å². The van der Waals surface area contributed by atoms with Gasteiger partial charge in [0, 0.05) is 6.54 Å². The van der Waals surface area contributed by atoms with Crippen LogP contribution in [0.5, 0.6) is 0 Å². The van der Waals surface area contributed by atoms with Gasteiger partial charge in [-0.2, -0.15) is 0 Å². The van der Waals surface area contributed by atoms with Crippen molar-refractivity contribution in [3.63, 3.8) is 0 Å². The van der Waals surface area contributed by atoms with Gasteiger partial charge in [0.15, 0.2) is 0 Å². The van der Waals surface area contributed by atoms with Gasteiger partial charge in [-0.1, -0.05) is 13.3 Å². The lowest BCUT2D eigenvalue weighted by atomic mass is 10.3. The molecular weight excluding hydrogens is 374 g/mol. The fraction of sp³-hybridized carbons (Fsp3) is 0.308. The molecule has 0 aliphatic heterocycles. The molecule has 0 bridgehead atoms. The number of aromatic nitrogens is 1. The molecule has 0 aromatic carbocycles. The summed E-state index contributed by atoms with van der Waals surface area (Å²) in [5.74, 6) is 0.741. The average Bonchev–Trinajstić information content (AvgIpc) is 2.88. The van der Waals surface area contributed by atoms with Gasteiger partial charge in [-0.05, 0) is 46.6 Å². The molecule has 2 N–H and O–H groups in total. The van der Waals surface area contributed by atoms with E-state index in [1.54, 1.807) is 24.3 Å². The van der Waals surface area contributed by atoms with Gasteiger partial charge in [0.25, 0.3) is 10.0 Å². The third kappa shape index (κ3) is 4.69. The highest BCUT2D eigenvalue weighted by Crippen LogP contribution is 2.27. The number of hydrogen-bond donors (Lipinski definition) is 2. The summed E-state index contributed by atoms with van der Waals surface area (Å²) >= 11 is 4.42. The van der Waals surface area contributed by atoms with E-state index in [1.165, 1.54) is 6.20 Å². The van der Waals surface area contributed by atoms with Crippen molar-refractivity contribution in [3.05, 3.63) is 34.2 Å². The van der Waals surface area contributed by atoms with Crippen molar-refractivity contribution in [2.45, 2.75) is 24.0 Å². The Morgan fingerprint density at radius 1 is 1.29 bits per heavy atom. The lowest BCUT2D eigenvalue weighted by molar-refractivity contribution is 0.603.